The number of halogens is 1. The zero-order chi connectivity index (χ0) is 21.6. The average molecular weight is 536 g/mol. The Morgan fingerprint density at radius 1 is 1.16 bits per heavy atom. The van der Waals surface area contributed by atoms with Gasteiger partial charge in [-0.15, -0.1) is 21.5 Å². The summed E-state index contributed by atoms with van der Waals surface area (Å²) in [5.41, 5.74) is 3.34. The zero-order valence-electron chi connectivity index (χ0n) is 17.6. The molecule has 0 fully saturated rings. The SMILES string of the molecule is CCCSc1nc2sc3c(c2c2nnc(SCc4ccc(Br)cc4)n12)CC(C)(C)OC3. The molecular formula is C22H23BrN4OS3. The van der Waals surface area contributed by atoms with Gasteiger partial charge in [0.05, 0.1) is 17.6 Å². The molecule has 1 aromatic carbocycles. The first kappa shape index (κ1) is 21.7. The van der Waals surface area contributed by atoms with E-state index in [1.165, 1.54) is 16.0 Å². The van der Waals surface area contributed by atoms with E-state index in [1.807, 2.05) is 0 Å². The summed E-state index contributed by atoms with van der Waals surface area (Å²) in [5, 5.41) is 12.3. The van der Waals surface area contributed by atoms with Crippen LogP contribution in [0.15, 0.2) is 39.1 Å². The van der Waals surface area contributed by atoms with Gasteiger partial charge >= 0.3 is 0 Å². The molecule has 0 bridgehead atoms. The van der Waals surface area contributed by atoms with E-state index in [4.69, 9.17) is 9.72 Å². The molecule has 0 saturated heterocycles. The molecule has 5 rings (SSSR count). The molecule has 0 unspecified atom stereocenters. The fourth-order valence-electron chi connectivity index (χ4n) is 3.70. The van der Waals surface area contributed by atoms with E-state index in [2.05, 4.69) is 75.6 Å². The second-order valence-corrected chi connectivity index (χ2v) is 12.2. The minimum atomic E-state index is -0.174. The van der Waals surface area contributed by atoms with Gasteiger partial charge in [-0.05, 0) is 43.5 Å². The summed E-state index contributed by atoms with van der Waals surface area (Å²) in [6.07, 6.45) is 1.97. The minimum absolute atomic E-state index is 0.174. The lowest BCUT2D eigenvalue weighted by Gasteiger charge is -2.30. The maximum Gasteiger partial charge on any atom is 0.198 e. The Labute approximate surface area is 202 Å². The lowest BCUT2D eigenvalue weighted by molar-refractivity contribution is -0.0379. The van der Waals surface area contributed by atoms with Crippen molar-refractivity contribution in [3.63, 3.8) is 0 Å². The van der Waals surface area contributed by atoms with Crippen molar-refractivity contribution < 1.29 is 4.74 Å². The molecule has 9 heteroatoms. The largest absolute Gasteiger partial charge is 0.370 e. The molecule has 0 N–H and O–H groups in total. The van der Waals surface area contributed by atoms with Crippen molar-refractivity contribution in [3.05, 3.63) is 44.7 Å². The molecule has 0 spiro atoms. The normalized spacial score (nSPS) is 15.6. The van der Waals surface area contributed by atoms with Gasteiger partial charge in [-0.1, -0.05) is 58.5 Å². The van der Waals surface area contributed by atoms with Crippen molar-refractivity contribution in [2.24, 2.45) is 0 Å². The van der Waals surface area contributed by atoms with Gasteiger partial charge in [0.2, 0.25) is 0 Å². The maximum atomic E-state index is 6.06. The molecule has 3 aromatic heterocycles. The number of thiophene rings is 1. The van der Waals surface area contributed by atoms with Crippen molar-refractivity contribution in [1.29, 1.82) is 0 Å². The third-order valence-electron chi connectivity index (χ3n) is 5.23. The van der Waals surface area contributed by atoms with E-state index < -0.39 is 0 Å². The Morgan fingerprint density at radius 2 is 1.97 bits per heavy atom. The number of nitrogens with zero attached hydrogens (tertiary/aromatic N) is 4. The van der Waals surface area contributed by atoms with Crippen LogP contribution in [0.3, 0.4) is 0 Å². The Morgan fingerprint density at radius 3 is 2.74 bits per heavy atom. The highest BCUT2D eigenvalue weighted by molar-refractivity contribution is 9.10. The van der Waals surface area contributed by atoms with E-state index in [1.54, 1.807) is 34.9 Å². The van der Waals surface area contributed by atoms with Crippen molar-refractivity contribution in [2.75, 3.05) is 5.75 Å². The summed E-state index contributed by atoms with van der Waals surface area (Å²) in [6, 6.07) is 8.43. The molecule has 5 nitrogen and oxygen atoms in total. The van der Waals surface area contributed by atoms with E-state index in [0.29, 0.717) is 6.61 Å². The number of rotatable bonds is 6. The van der Waals surface area contributed by atoms with Gasteiger partial charge in [0.1, 0.15) is 4.83 Å². The molecule has 162 valence electrons. The molecule has 4 aromatic rings. The smallest absolute Gasteiger partial charge is 0.198 e. The fourth-order valence-corrected chi connectivity index (χ4v) is 6.91. The van der Waals surface area contributed by atoms with Gasteiger partial charge in [0.25, 0.3) is 0 Å². The summed E-state index contributed by atoms with van der Waals surface area (Å²) in [5.74, 6) is 1.86. The Hall–Kier alpha value is -1.13. The number of benzene rings is 1. The molecule has 1 aliphatic rings. The van der Waals surface area contributed by atoms with Crippen LogP contribution in [0.5, 0.6) is 0 Å². The molecule has 1 aliphatic heterocycles. The van der Waals surface area contributed by atoms with Crippen LogP contribution in [0.4, 0.5) is 0 Å². The van der Waals surface area contributed by atoms with E-state index >= 15 is 0 Å². The quantitative estimate of drug-likeness (QED) is 0.201. The zero-order valence-corrected chi connectivity index (χ0v) is 21.7. The van der Waals surface area contributed by atoms with Crippen LogP contribution < -0.4 is 0 Å². The highest BCUT2D eigenvalue weighted by Crippen LogP contribution is 2.41. The Balaban J connectivity index is 1.61. The third kappa shape index (κ3) is 4.27. The van der Waals surface area contributed by atoms with E-state index in [9.17, 15) is 0 Å². The lowest BCUT2D eigenvalue weighted by Crippen LogP contribution is -2.31. The highest BCUT2D eigenvalue weighted by Gasteiger charge is 2.31. The van der Waals surface area contributed by atoms with Gasteiger partial charge in [-0.2, -0.15) is 0 Å². The first-order valence-electron chi connectivity index (χ1n) is 10.3. The number of ether oxygens (including phenoxy) is 1. The van der Waals surface area contributed by atoms with Crippen LogP contribution >= 0.6 is 50.8 Å². The van der Waals surface area contributed by atoms with Crippen LogP contribution in [0, 0.1) is 0 Å². The van der Waals surface area contributed by atoms with E-state index in [-0.39, 0.29) is 5.60 Å². The predicted octanol–water partition coefficient (Wildman–Crippen LogP) is 6.75. The van der Waals surface area contributed by atoms with Gasteiger partial charge in [0.15, 0.2) is 16.0 Å². The molecule has 31 heavy (non-hydrogen) atoms. The van der Waals surface area contributed by atoms with Crippen LogP contribution in [0.25, 0.3) is 15.9 Å². The summed E-state index contributed by atoms with van der Waals surface area (Å²) in [6.45, 7) is 7.14. The molecule has 0 atom stereocenters. The molecule has 4 heterocycles. The molecule has 0 saturated carbocycles. The number of hydrogen-bond donors (Lipinski definition) is 0. The van der Waals surface area contributed by atoms with Crippen molar-refractivity contribution in [3.8, 4) is 0 Å². The van der Waals surface area contributed by atoms with Crippen LogP contribution in [-0.4, -0.2) is 30.9 Å². The number of thioether (sulfide) groups is 2. The first-order valence-corrected chi connectivity index (χ1v) is 13.9. The Bertz CT molecular complexity index is 1250. The highest BCUT2D eigenvalue weighted by atomic mass is 79.9. The second-order valence-electron chi connectivity index (χ2n) is 8.21. The molecular weight excluding hydrogens is 512 g/mol. The fraction of sp³-hybridized carbons (Fsp3) is 0.409. The van der Waals surface area contributed by atoms with Crippen LogP contribution in [0.1, 0.15) is 43.2 Å². The first-order chi connectivity index (χ1) is 14.9. The van der Waals surface area contributed by atoms with Gasteiger partial charge in [-0.3, -0.25) is 0 Å². The summed E-state index contributed by atoms with van der Waals surface area (Å²) in [7, 11) is 0. The standard InChI is InChI=1S/C22H23BrN4OS3/c1-4-9-29-20-24-19-17(15-10-22(2,3)28-11-16(15)31-19)18-25-26-21(27(18)20)30-12-13-5-7-14(23)8-6-13/h5-8H,4,9-12H2,1-3H3. The number of aromatic nitrogens is 4. The van der Waals surface area contributed by atoms with Crippen molar-refractivity contribution >= 4 is 66.7 Å². The van der Waals surface area contributed by atoms with Gasteiger partial charge < -0.3 is 4.74 Å². The van der Waals surface area contributed by atoms with Crippen LogP contribution in [-0.2, 0) is 23.5 Å². The molecule has 0 radical (unpaired) electrons. The Kier molecular flexibility index (Phi) is 6.07. The monoisotopic (exact) mass is 534 g/mol. The topological polar surface area (TPSA) is 52.3 Å². The number of hydrogen-bond acceptors (Lipinski definition) is 7. The van der Waals surface area contributed by atoms with Crippen molar-refractivity contribution in [1.82, 2.24) is 19.6 Å². The molecule has 0 amide bonds. The minimum Gasteiger partial charge on any atom is -0.370 e. The second kappa shape index (κ2) is 8.67. The summed E-state index contributed by atoms with van der Waals surface area (Å²) >= 11 is 8.74. The van der Waals surface area contributed by atoms with Crippen LogP contribution in [0.2, 0.25) is 0 Å². The average Bonchev–Trinajstić information content (AvgIpc) is 3.31. The number of fused-ring (bicyclic) bond motifs is 5. The van der Waals surface area contributed by atoms with Gasteiger partial charge in [-0.25, -0.2) is 9.38 Å². The van der Waals surface area contributed by atoms with Gasteiger partial charge in [0, 0.05) is 27.3 Å². The summed E-state index contributed by atoms with van der Waals surface area (Å²) in [4.78, 5) is 7.40. The lowest BCUT2D eigenvalue weighted by atomic mass is 9.94. The van der Waals surface area contributed by atoms with Crippen molar-refractivity contribution in [2.45, 2.75) is 61.9 Å². The predicted molar refractivity (Wildman–Crippen MR) is 133 cm³/mol. The van der Waals surface area contributed by atoms with E-state index in [0.717, 1.165) is 55.0 Å². The molecule has 0 aliphatic carbocycles. The summed E-state index contributed by atoms with van der Waals surface area (Å²) < 4.78 is 9.32. The third-order valence-corrected chi connectivity index (χ3v) is 9.00. The maximum absolute atomic E-state index is 6.06.